The molecule has 47 heavy (non-hydrogen) atoms. The van der Waals surface area contributed by atoms with E-state index in [9.17, 15) is 27.6 Å². The van der Waals surface area contributed by atoms with Crippen molar-refractivity contribution in [3.05, 3.63) is 53.8 Å². The second kappa shape index (κ2) is 13.2. The van der Waals surface area contributed by atoms with E-state index >= 15 is 0 Å². The van der Waals surface area contributed by atoms with Crippen LogP contribution in [0.5, 0.6) is 0 Å². The molecule has 10 nitrogen and oxygen atoms in total. The smallest absolute Gasteiger partial charge is 0.282 e. The fraction of sp³-hybridized carbons (Fsp3) is 0.375. The maximum Gasteiger partial charge on any atom is 0.282 e. The van der Waals surface area contributed by atoms with Crippen molar-refractivity contribution in [3.8, 4) is 17.2 Å². The van der Waals surface area contributed by atoms with E-state index in [0.717, 1.165) is 6.07 Å². The van der Waals surface area contributed by atoms with E-state index in [2.05, 4.69) is 12.6 Å². The van der Waals surface area contributed by atoms with E-state index < -0.39 is 36.9 Å². The van der Waals surface area contributed by atoms with E-state index in [1.807, 2.05) is 9.80 Å². The number of benzene rings is 2. The molecule has 0 saturated carbocycles. The Morgan fingerprint density at radius 3 is 2.55 bits per heavy atom. The molecule has 246 valence electrons. The molecule has 6 rings (SSSR count). The number of carbonyl (C=O) groups is 1. The van der Waals surface area contributed by atoms with Gasteiger partial charge in [-0.3, -0.25) is 9.69 Å². The minimum Gasteiger partial charge on any atom is -0.463 e. The number of rotatable bonds is 10. The highest BCUT2D eigenvalue weighted by Gasteiger charge is 2.37. The SMILES string of the molecule is C=C(F)C(=O)N1CCN(c2nc(N3CC(N(CCF)CCF)C3)nc3cc(-c4cc(N)cc(F)c4Cl)c4ccoc4c23)C[C@@H]1CC#N. The predicted molar refractivity (Wildman–Crippen MR) is 172 cm³/mol. The van der Waals surface area contributed by atoms with Gasteiger partial charge in [-0.1, -0.05) is 18.2 Å². The number of carbonyl (C=O) groups excluding carboxylic acids is 1. The van der Waals surface area contributed by atoms with Crippen LogP contribution < -0.4 is 15.5 Å². The van der Waals surface area contributed by atoms with E-state index in [0.29, 0.717) is 57.9 Å². The zero-order valence-electron chi connectivity index (χ0n) is 25.2. The molecule has 0 unspecified atom stereocenters. The van der Waals surface area contributed by atoms with Gasteiger partial charge in [0.15, 0.2) is 5.83 Å². The highest BCUT2D eigenvalue weighted by molar-refractivity contribution is 6.34. The van der Waals surface area contributed by atoms with Crippen molar-refractivity contribution in [2.24, 2.45) is 0 Å². The maximum absolute atomic E-state index is 14.7. The number of aromatic nitrogens is 2. The molecule has 0 aliphatic carbocycles. The second-order valence-corrected chi connectivity index (χ2v) is 11.9. The molecule has 0 radical (unpaired) electrons. The molecule has 2 aliphatic rings. The van der Waals surface area contributed by atoms with Gasteiger partial charge in [0, 0.05) is 68.5 Å². The number of furan rings is 1. The number of nitrogens with two attached hydrogens (primary N) is 1. The van der Waals surface area contributed by atoms with Crippen molar-refractivity contribution in [3.63, 3.8) is 0 Å². The summed E-state index contributed by atoms with van der Waals surface area (Å²) in [4.78, 5) is 29.2. The zero-order valence-corrected chi connectivity index (χ0v) is 26.0. The molecule has 1 atom stereocenters. The number of fused-ring (bicyclic) bond motifs is 3. The van der Waals surface area contributed by atoms with Crippen molar-refractivity contribution >= 4 is 56.8 Å². The fourth-order valence-corrected chi connectivity index (χ4v) is 6.61. The summed E-state index contributed by atoms with van der Waals surface area (Å²) in [5, 5.41) is 10.5. The third-order valence-corrected chi connectivity index (χ3v) is 9.10. The van der Waals surface area contributed by atoms with E-state index in [1.54, 1.807) is 23.1 Å². The van der Waals surface area contributed by atoms with Gasteiger partial charge in [0.2, 0.25) is 5.95 Å². The third-order valence-electron chi connectivity index (χ3n) is 8.72. The second-order valence-electron chi connectivity index (χ2n) is 11.5. The van der Waals surface area contributed by atoms with Gasteiger partial charge in [0.25, 0.3) is 5.91 Å². The molecule has 2 aliphatic heterocycles. The Labute approximate surface area is 272 Å². The van der Waals surface area contributed by atoms with Crippen LogP contribution in [0.25, 0.3) is 33.0 Å². The van der Waals surface area contributed by atoms with Gasteiger partial charge in [0.1, 0.15) is 30.6 Å². The van der Waals surface area contributed by atoms with Crippen LogP contribution in [0.3, 0.4) is 0 Å². The summed E-state index contributed by atoms with van der Waals surface area (Å²) < 4.78 is 61.0. The lowest BCUT2D eigenvalue weighted by atomic mass is 9.98. The summed E-state index contributed by atoms with van der Waals surface area (Å²) in [6.07, 6.45) is 1.42. The number of hydrogen-bond acceptors (Lipinski definition) is 9. The Hall–Kier alpha value is -4.61. The monoisotopic (exact) mass is 670 g/mol. The standard InChI is InChI=1S/C32H31ClF4N8O2/c1-18(36)31(46)45-10-9-43(15-20(45)2-6-38)30-27-26(40-32(41-30)44-16-21(17-44)42(7-4-34)8-5-35)14-23(22-3-11-47-29(22)27)24-12-19(39)13-25(37)28(24)33/h3,11-14,20-21H,1-2,4-5,7-10,15-17,39H2/t20-/m0/s1. The van der Waals surface area contributed by atoms with Gasteiger partial charge in [-0.25, -0.2) is 22.5 Å². The van der Waals surface area contributed by atoms with Gasteiger partial charge >= 0.3 is 0 Å². The van der Waals surface area contributed by atoms with E-state index in [4.69, 9.17) is 31.7 Å². The first kappa shape index (κ1) is 32.3. The van der Waals surface area contributed by atoms with Crippen LogP contribution >= 0.6 is 11.6 Å². The Kier molecular flexibility index (Phi) is 9.11. The Bertz CT molecular complexity index is 1890. The Morgan fingerprint density at radius 1 is 1.13 bits per heavy atom. The van der Waals surface area contributed by atoms with Crippen LogP contribution in [-0.2, 0) is 4.79 Å². The number of piperazine rings is 1. The molecule has 0 spiro atoms. The number of nitrogen functional groups attached to an aromatic ring is 1. The first-order valence-electron chi connectivity index (χ1n) is 15.0. The van der Waals surface area contributed by atoms with Crippen molar-refractivity contribution in [1.82, 2.24) is 19.8 Å². The molecular formula is C32H31ClF4N8O2. The molecule has 2 N–H and O–H groups in total. The molecule has 2 saturated heterocycles. The van der Waals surface area contributed by atoms with Crippen LogP contribution in [0.1, 0.15) is 6.42 Å². The topological polar surface area (TPSA) is 119 Å². The molecule has 2 aromatic carbocycles. The number of hydrogen-bond donors (Lipinski definition) is 1. The largest absolute Gasteiger partial charge is 0.463 e. The first-order chi connectivity index (χ1) is 22.6. The fourth-order valence-electron chi connectivity index (χ4n) is 6.40. The molecular weight excluding hydrogens is 640 g/mol. The number of amides is 1. The maximum atomic E-state index is 14.7. The van der Waals surface area contributed by atoms with Crippen molar-refractivity contribution in [2.75, 3.05) is 74.7 Å². The summed E-state index contributed by atoms with van der Waals surface area (Å²) >= 11 is 6.43. The van der Waals surface area contributed by atoms with E-state index in [1.165, 1.54) is 11.2 Å². The molecule has 4 heterocycles. The molecule has 0 bridgehead atoms. The highest BCUT2D eigenvalue weighted by atomic mass is 35.5. The van der Waals surface area contributed by atoms with Crippen LogP contribution in [0, 0.1) is 17.1 Å². The molecule has 2 aromatic heterocycles. The summed E-state index contributed by atoms with van der Waals surface area (Å²) in [6.45, 7) is 3.48. The summed E-state index contributed by atoms with van der Waals surface area (Å²) in [5.74, 6) is -1.89. The predicted octanol–water partition coefficient (Wildman–Crippen LogP) is 5.26. The lowest BCUT2D eigenvalue weighted by Crippen LogP contribution is -2.61. The molecule has 2 fully saturated rings. The molecule has 1 amide bonds. The number of halogens is 5. The van der Waals surface area contributed by atoms with Crippen LogP contribution in [0.15, 0.2) is 47.4 Å². The number of alkyl halides is 2. The van der Waals surface area contributed by atoms with Crippen LogP contribution in [0.4, 0.5) is 35.0 Å². The number of anilines is 3. The molecule has 15 heteroatoms. The molecule has 4 aromatic rings. The zero-order chi connectivity index (χ0) is 33.4. The van der Waals surface area contributed by atoms with Gasteiger partial charge in [-0.05, 0) is 29.8 Å². The minimum absolute atomic E-state index is 0.0576. The van der Waals surface area contributed by atoms with Crippen molar-refractivity contribution in [1.29, 1.82) is 5.26 Å². The van der Waals surface area contributed by atoms with Gasteiger partial charge in [-0.2, -0.15) is 10.2 Å². The first-order valence-corrected chi connectivity index (χ1v) is 15.4. The lowest BCUT2D eigenvalue weighted by Gasteiger charge is -2.45. The highest BCUT2D eigenvalue weighted by Crippen LogP contribution is 2.43. The summed E-state index contributed by atoms with van der Waals surface area (Å²) in [5.41, 5.74) is 7.84. The van der Waals surface area contributed by atoms with Crippen LogP contribution in [-0.4, -0.2) is 96.9 Å². The van der Waals surface area contributed by atoms with Crippen LogP contribution in [0.2, 0.25) is 5.02 Å². The normalized spacial score (nSPS) is 17.0. The Balaban J connectivity index is 1.49. The third kappa shape index (κ3) is 6.01. The number of nitrogens with zero attached hydrogens (tertiary/aromatic N) is 7. The average Bonchev–Trinajstić information content (AvgIpc) is 3.51. The average molecular weight is 671 g/mol. The van der Waals surface area contributed by atoms with Crippen molar-refractivity contribution < 1.29 is 26.8 Å². The number of nitriles is 1. The summed E-state index contributed by atoms with van der Waals surface area (Å²) in [6, 6.07) is 7.47. The lowest BCUT2D eigenvalue weighted by molar-refractivity contribution is -0.131. The van der Waals surface area contributed by atoms with Gasteiger partial charge in [0.05, 0.1) is 40.7 Å². The van der Waals surface area contributed by atoms with E-state index in [-0.39, 0.29) is 55.9 Å². The van der Waals surface area contributed by atoms with Gasteiger partial charge < -0.3 is 24.9 Å². The quantitative estimate of drug-likeness (QED) is 0.137. The Morgan fingerprint density at radius 2 is 1.87 bits per heavy atom. The van der Waals surface area contributed by atoms with Gasteiger partial charge in [-0.15, -0.1) is 0 Å². The van der Waals surface area contributed by atoms with Crippen molar-refractivity contribution in [2.45, 2.75) is 18.5 Å². The summed E-state index contributed by atoms with van der Waals surface area (Å²) in [7, 11) is 0. The minimum atomic E-state index is -1.11.